The Kier molecular flexibility index (Phi) is 3.09. The van der Waals surface area contributed by atoms with Crippen LogP contribution in [-0.4, -0.2) is 4.98 Å². The summed E-state index contributed by atoms with van der Waals surface area (Å²) in [6.07, 6.45) is 0.408. The van der Waals surface area contributed by atoms with Crippen molar-refractivity contribution in [3.63, 3.8) is 0 Å². The van der Waals surface area contributed by atoms with Crippen molar-refractivity contribution in [2.45, 2.75) is 46.4 Å². The second-order valence-corrected chi connectivity index (χ2v) is 9.49. The average Bonchev–Trinajstić information content (AvgIpc) is 2.70. The fourth-order valence-electron chi connectivity index (χ4n) is 4.80. The molecule has 0 unspecified atom stereocenters. The highest BCUT2D eigenvalue weighted by Crippen LogP contribution is 2.50. The van der Waals surface area contributed by atoms with E-state index in [9.17, 15) is 0 Å². The number of rotatable bonds is 1. The number of pyridine rings is 1. The van der Waals surface area contributed by atoms with Crippen molar-refractivity contribution >= 4 is 21.5 Å². The maximum Gasteiger partial charge on any atom is 0.0786 e. The second-order valence-electron chi connectivity index (χ2n) is 9.49. The minimum absolute atomic E-state index is 0.269. The second kappa shape index (κ2) is 5.67. The number of benzene rings is 3. The quantitative estimate of drug-likeness (QED) is 0.344. The number of fused-ring (bicyclic) bond motifs is 4. The molecule has 140 valence electrons. The lowest BCUT2D eigenvalue weighted by atomic mass is 9.67. The fourth-order valence-corrected chi connectivity index (χ4v) is 4.80. The lowest BCUT2D eigenvalue weighted by molar-refractivity contribution is 0.411. The molecular weight excluding hydrogens is 338 g/mol. The van der Waals surface area contributed by atoms with E-state index in [1.54, 1.807) is 0 Å². The number of hydrogen-bond acceptors (Lipinski definition) is 1. The zero-order valence-corrected chi connectivity index (χ0v) is 17.2. The molecule has 0 fully saturated rings. The SMILES string of the molecule is [2H]C([2H])(c1cc2c3c(nccc3c1)-c1ccc3ccccc3c1C2(C)C)C(C)(C)C. The van der Waals surface area contributed by atoms with Crippen LogP contribution in [0.2, 0.25) is 0 Å². The molecule has 5 rings (SSSR count). The first-order chi connectivity index (χ1) is 14.0. The first-order valence-corrected chi connectivity index (χ1v) is 10.00. The molecule has 1 aliphatic carbocycles. The molecular formula is C27H27N. The summed E-state index contributed by atoms with van der Waals surface area (Å²) in [6, 6.07) is 19.1. The van der Waals surface area contributed by atoms with E-state index in [1.165, 1.54) is 21.9 Å². The standard InChI is InChI=1S/C27H27N/c1-26(2,3)16-17-14-19-12-13-28-25-21-11-10-18-8-6-7-9-20(18)24(21)27(4,5)22(15-17)23(19)25/h6-15H,16H2,1-5H3/i16D2. The fraction of sp³-hybridized carbons (Fsp3) is 0.296. The third-order valence-corrected chi connectivity index (χ3v) is 5.87. The maximum atomic E-state index is 8.89. The van der Waals surface area contributed by atoms with Crippen LogP contribution in [0.4, 0.5) is 0 Å². The lowest BCUT2D eigenvalue weighted by Crippen LogP contribution is -2.25. The Morgan fingerprint density at radius 3 is 2.54 bits per heavy atom. The van der Waals surface area contributed by atoms with Gasteiger partial charge in [-0.2, -0.15) is 0 Å². The zero-order chi connectivity index (χ0) is 21.5. The van der Waals surface area contributed by atoms with E-state index in [2.05, 4.69) is 56.3 Å². The van der Waals surface area contributed by atoms with Crippen LogP contribution in [0.15, 0.2) is 60.8 Å². The molecule has 1 heterocycles. The number of nitrogens with zero attached hydrogens (tertiary/aromatic N) is 1. The average molecular weight is 368 g/mol. The lowest BCUT2D eigenvalue weighted by Gasteiger charge is -2.36. The van der Waals surface area contributed by atoms with Gasteiger partial charge in [-0.3, -0.25) is 4.98 Å². The molecule has 1 aliphatic rings. The van der Waals surface area contributed by atoms with E-state index in [0.29, 0.717) is 0 Å². The van der Waals surface area contributed by atoms with E-state index < -0.39 is 11.8 Å². The molecule has 4 aromatic rings. The Balaban J connectivity index is 1.93. The molecule has 0 amide bonds. The van der Waals surface area contributed by atoms with Gasteiger partial charge < -0.3 is 0 Å². The predicted molar refractivity (Wildman–Crippen MR) is 120 cm³/mol. The van der Waals surface area contributed by atoms with Crippen molar-refractivity contribution < 1.29 is 2.74 Å². The first kappa shape index (κ1) is 15.3. The highest BCUT2D eigenvalue weighted by molar-refractivity contribution is 6.05. The summed E-state index contributed by atoms with van der Waals surface area (Å²) >= 11 is 0. The van der Waals surface area contributed by atoms with E-state index >= 15 is 0 Å². The van der Waals surface area contributed by atoms with Crippen LogP contribution in [0.25, 0.3) is 32.8 Å². The molecule has 0 saturated heterocycles. The highest BCUT2D eigenvalue weighted by Gasteiger charge is 2.36. The molecule has 0 radical (unpaired) electrons. The van der Waals surface area contributed by atoms with Gasteiger partial charge in [0.1, 0.15) is 0 Å². The van der Waals surface area contributed by atoms with Crippen LogP contribution in [0.5, 0.6) is 0 Å². The molecule has 1 heteroatoms. The van der Waals surface area contributed by atoms with Crippen LogP contribution >= 0.6 is 0 Å². The summed E-state index contributed by atoms with van der Waals surface area (Å²) in [4.78, 5) is 4.80. The highest BCUT2D eigenvalue weighted by atomic mass is 14.7. The smallest absolute Gasteiger partial charge is 0.0786 e. The van der Waals surface area contributed by atoms with Crippen molar-refractivity contribution in [2.24, 2.45) is 5.41 Å². The number of hydrogen-bond donors (Lipinski definition) is 0. The Bertz CT molecular complexity index is 1330. The third-order valence-electron chi connectivity index (χ3n) is 5.87. The monoisotopic (exact) mass is 367 g/mol. The summed E-state index contributed by atoms with van der Waals surface area (Å²) < 4.78 is 17.8. The van der Waals surface area contributed by atoms with Crippen LogP contribution < -0.4 is 0 Å². The minimum atomic E-state index is -1.45. The number of aromatic nitrogens is 1. The molecule has 0 aliphatic heterocycles. The molecule has 1 nitrogen and oxygen atoms in total. The van der Waals surface area contributed by atoms with E-state index in [0.717, 1.165) is 27.6 Å². The van der Waals surface area contributed by atoms with Gasteiger partial charge in [0, 0.05) is 25.3 Å². The van der Waals surface area contributed by atoms with E-state index in [4.69, 9.17) is 7.73 Å². The Morgan fingerprint density at radius 1 is 0.964 bits per heavy atom. The third kappa shape index (κ3) is 2.49. The molecule has 28 heavy (non-hydrogen) atoms. The Morgan fingerprint density at radius 2 is 1.75 bits per heavy atom. The summed E-state index contributed by atoms with van der Waals surface area (Å²) in [5.41, 5.74) is 4.60. The Labute approximate surface area is 170 Å². The zero-order valence-electron chi connectivity index (χ0n) is 19.2. The molecule has 3 aromatic carbocycles. The van der Waals surface area contributed by atoms with Gasteiger partial charge in [-0.1, -0.05) is 83.1 Å². The van der Waals surface area contributed by atoms with Gasteiger partial charge in [0.15, 0.2) is 0 Å². The van der Waals surface area contributed by atoms with Gasteiger partial charge in [0.2, 0.25) is 0 Å². The van der Waals surface area contributed by atoms with Gasteiger partial charge in [-0.15, -0.1) is 0 Å². The summed E-state index contributed by atoms with van der Waals surface area (Å²) in [7, 11) is 0. The van der Waals surface area contributed by atoms with Crippen molar-refractivity contribution in [3.8, 4) is 11.3 Å². The van der Waals surface area contributed by atoms with Gasteiger partial charge in [0.05, 0.1) is 5.69 Å². The Hall–Kier alpha value is -2.67. The van der Waals surface area contributed by atoms with Crippen LogP contribution in [0.3, 0.4) is 0 Å². The van der Waals surface area contributed by atoms with Crippen LogP contribution in [0, 0.1) is 5.41 Å². The molecule has 0 spiro atoms. The van der Waals surface area contributed by atoms with Gasteiger partial charge >= 0.3 is 0 Å². The van der Waals surface area contributed by atoms with Crippen molar-refractivity contribution in [3.05, 3.63) is 77.5 Å². The summed E-state index contributed by atoms with van der Waals surface area (Å²) in [6.45, 7) is 10.4. The van der Waals surface area contributed by atoms with Crippen LogP contribution in [0.1, 0.15) is 54.1 Å². The normalized spacial score (nSPS) is 16.6. The molecule has 1 aromatic heterocycles. The largest absolute Gasteiger partial charge is 0.256 e. The minimum Gasteiger partial charge on any atom is -0.256 e. The molecule has 0 bridgehead atoms. The van der Waals surface area contributed by atoms with Crippen molar-refractivity contribution in [2.75, 3.05) is 0 Å². The summed E-state index contributed by atoms with van der Waals surface area (Å²) in [5, 5.41) is 4.68. The van der Waals surface area contributed by atoms with E-state index in [-0.39, 0.29) is 5.41 Å². The van der Waals surface area contributed by atoms with Gasteiger partial charge in [-0.05, 0) is 50.7 Å². The van der Waals surface area contributed by atoms with Crippen LogP contribution in [-0.2, 0) is 11.8 Å². The van der Waals surface area contributed by atoms with Crippen molar-refractivity contribution in [1.29, 1.82) is 0 Å². The first-order valence-electron chi connectivity index (χ1n) is 11.0. The molecule has 0 atom stereocenters. The summed E-state index contributed by atoms with van der Waals surface area (Å²) in [5.74, 6) is 0. The molecule has 0 saturated carbocycles. The van der Waals surface area contributed by atoms with E-state index in [1.807, 2.05) is 39.1 Å². The van der Waals surface area contributed by atoms with Gasteiger partial charge in [-0.25, -0.2) is 0 Å². The topological polar surface area (TPSA) is 12.9 Å². The van der Waals surface area contributed by atoms with Gasteiger partial charge in [0.25, 0.3) is 0 Å². The van der Waals surface area contributed by atoms with Crippen molar-refractivity contribution in [1.82, 2.24) is 4.98 Å². The maximum absolute atomic E-state index is 8.89. The molecule has 0 N–H and O–H groups in total. The predicted octanol–water partition coefficient (Wildman–Crippen LogP) is 7.28.